The standard InChI is InChI=1S/C26H29N3O2S/c1-26(2,29-23(30)16-18-10-6-7-11-18)24(31)28-25-27-22(17-32-25)21-15-9-8-14-20(21)19-12-4-3-5-13-19/h3-5,8-9,12-15,17-18H,6-7,10-11,16H2,1-2H3,(H,29,30)(H,27,28,31). The van der Waals surface area contributed by atoms with Crippen LogP contribution >= 0.6 is 11.3 Å². The highest BCUT2D eigenvalue weighted by atomic mass is 32.1. The third kappa shape index (κ3) is 5.25. The smallest absolute Gasteiger partial charge is 0.251 e. The number of aromatic nitrogens is 1. The third-order valence-corrected chi connectivity index (χ3v) is 6.74. The molecule has 6 heteroatoms. The summed E-state index contributed by atoms with van der Waals surface area (Å²) < 4.78 is 0. The van der Waals surface area contributed by atoms with Crippen LogP contribution in [0.1, 0.15) is 46.0 Å². The summed E-state index contributed by atoms with van der Waals surface area (Å²) in [6.07, 6.45) is 5.09. The first kappa shape index (κ1) is 22.2. The monoisotopic (exact) mass is 447 g/mol. The number of rotatable bonds is 7. The minimum Gasteiger partial charge on any atom is -0.342 e. The first-order chi connectivity index (χ1) is 15.4. The second kappa shape index (κ2) is 9.65. The number of carbonyl (C=O) groups is 2. The Kier molecular flexibility index (Phi) is 6.70. The number of anilines is 1. The maximum Gasteiger partial charge on any atom is 0.251 e. The van der Waals surface area contributed by atoms with E-state index >= 15 is 0 Å². The van der Waals surface area contributed by atoms with Gasteiger partial charge in [0.05, 0.1) is 5.69 Å². The minimum absolute atomic E-state index is 0.0614. The molecule has 2 aromatic carbocycles. The lowest BCUT2D eigenvalue weighted by atomic mass is 9.98. The average Bonchev–Trinajstić information content (AvgIpc) is 3.46. The second-order valence-electron chi connectivity index (χ2n) is 8.93. The van der Waals surface area contributed by atoms with E-state index in [4.69, 9.17) is 0 Å². The van der Waals surface area contributed by atoms with Crippen molar-refractivity contribution in [2.24, 2.45) is 5.92 Å². The molecule has 1 heterocycles. The van der Waals surface area contributed by atoms with Gasteiger partial charge in [0, 0.05) is 17.4 Å². The molecule has 2 N–H and O–H groups in total. The molecule has 0 radical (unpaired) electrons. The Bertz CT molecular complexity index is 1090. The van der Waals surface area contributed by atoms with Crippen LogP contribution in [0.5, 0.6) is 0 Å². The van der Waals surface area contributed by atoms with Gasteiger partial charge in [0.2, 0.25) is 5.91 Å². The van der Waals surface area contributed by atoms with Crippen molar-refractivity contribution in [2.75, 3.05) is 5.32 Å². The molecule has 1 aliphatic carbocycles. The van der Waals surface area contributed by atoms with Crippen molar-refractivity contribution < 1.29 is 9.59 Å². The third-order valence-electron chi connectivity index (χ3n) is 5.98. The summed E-state index contributed by atoms with van der Waals surface area (Å²) in [5.41, 5.74) is 3.03. The molecular formula is C26H29N3O2S. The Hall–Kier alpha value is -2.99. The van der Waals surface area contributed by atoms with Crippen molar-refractivity contribution in [3.8, 4) is 22.4 Å². The Morgan fingerprint density at radius 3 is 2.38 bits per heavy atom. The van der Waals surface area contributed by atoms with Crippen LogP contribution in [0.25, 0.3) is 22.4 Å². The zero-order chi connectivity index (χ0) is 22.6. The maximum absolute atomic E-state index is 12.9. The summed E-state index contributed by atoms with van der Waals surface area (Å²) in [6.45, 7) is 3.46. The molecule has 1 saturated carbocycles. The molecule has 2 amide bonds. The van der Waals surface area contributed by atoms with Crippen LogP contribution in [-0.4, -0.2) is 22.3 Å². The van der Waals surface area contributed by atoms with Gasteiger partial charge in [0.15, 0.2) is 5.13 Å². The number of nitrogens with one attached hydrogen (secondary N) is 2. The number of benzene rings is 2. The molecule has 32 heavy (non-hydrogen) atoms. The van der Waals surface area contributed by atoms with Crippen LogP contribution in [0.2, 0.25) is 0 Å². The summed E-state index contributed by atoms with van der Waals surface area (Å²) in [5, 5.41) is 8.25. The zero-order valence-electron chi connectivity index (χ0n) is 18.6. The molecule has 0 unspecified atom stereocenters. The highest BCUT2D eigenvalue weighted by Gasteiger charge is 2.31. The summed E-state index contributed by atoms with van der Waals surface area (Å²) in [6, 6.07) is 18.3. The fourth-order valence-electron chi connectivity index (χ4n) is 4.22. The SMILES string of the molecule is CC(C)(NC(=O)CC1CCCC1)C(=O)Nc1nc(-c2ccccc2-c2ccccc2)cs1. The van der Waals surface area contributed by atoms with E-state index in [-0.39, 0.29) is 11.8 Å². The molecule has 0 bridgehead atoms. The molecule has 1 aromatic heterocycles. The number of nitrogens with zero attached hydrogens (tertiary/aromatic N) is 1. The quantitative estimate of drug-likeness (QED) is 0.474. The largest absolute Gasteiger partial charge is 0.342 e. The molecule has 5 nitrogen and oxygen atoms in total. The van der Waals surface area contributed by atoms with E-state index in [1.165, 1.54) is 24.2 Å². The van der Waals surface area contributed by atoms with Gasteiger partial charge in [-0.05, 0) is 43.7 Å². The molecule has 0 spiro atoms. The molecule has 166 valence electrons. The van der Waals surface area contributed by atoms with Gasteiger partial charge >= 0.3 is 0 Å². The maximum atomic E-state index is 12.9. The summed E-state index contributed by atoms with van der Waals surface area (Å²) in [4.78, 5) is 30.0. The molecule has 3 aromatic rings. The normalized spacial score (nSPS) is 14.3. The number of hydrogen-bond acceptors (Lipinski definition) is 4. The predicted octanol–water partition coefficient (Wildman–Crippen LogP) is 5.89. The predicted molar refractivity (Wildman–Crippen MR) is 130 cm³/mol. The van der Waals surface area contributed by atoms with Gasteiger partial charge in [0.25, 0.3) is 5.91 Å². The van der Waals surface area contributed by atoms with Crippen LogP contribution in [0.15, 0.2) is 60.0 Å². The molecular weight excluding hydrogens is 418 g/mol. The Balaban J connectivity index is 1.44. The Morgan fingerprint density at radius 1 is 1.00 bits per heavy atom. The molecule has 0 atom stereocenters. The van der Waals surface area contributed by atoms with Crippen molar-refractivity contribution in [3.05, 3.63) is 60.0 Å². The van der Waals surface area contributed by atoms with Crippen molar-refractivity contribution in [1.29, 1.82) is 0 Å². The van der Waals surface area contributed by atoms with Gasteiger partial charge in [-0.15, -0.1) is 11.3 Å². The van der Waals surface area contributed by atoms with E-state index in [1.54, 1.807) is 13.8 Å². The van der Waals surface area contributed by atoms with E-state index in [1.807, 2.05) is 41.8 Å². The van der Waals surface area contributed by atoms with E-state index in [9.17, 15) is 9.59 Å². The lowest BCUT2D eigenvalue weighted by Gasteiger charge is -2.25. The number of carbonyl (C=O) groups excluding carboxylic acids is 2. The molecule has 4 rings (SSSR count). The van der Waals surface area contributed by atoms with Gasteiger partial charge in [-0.1, -0.05) is 67.4 Å². The number of amides is 2. The average molecular weight is 448 g/mol. The highest BCUT2D eigenvalue weighted by molar-refractivity contribution is 7.14. The van der Waals surface area contributed by atoms with Gasteiger partial charge in [-0.2, -0.15) is 0 Å². The Labute approximate surface area is 193 Å². The van der Waals surface area contributed by atoms with Crippen molar-refractivity contribution in [3.63, 3.8) is 0 Å². The van der Waals surface area contributed by atoms with Gasteiger partial charge in [-0.3, -0.25) is 14.9 Å². The number of hydrogen-bond donors (Lipinski definition) is 2. The van der Waals surface area contributed by atoms with Crippen molar-refractivity contribution in [1.82, 2.24) is 10.3 Å². The van der Waals surface area contributed by atoms with Crippen LogP contribution < -0.4 is 10.6 Å². The van der Waals surface area contributed by atoms with Crippen LogP contribution in [-0.2, 0) is 9.59 Å². The summed E-state index contributed by atoms with van der Waals surface area (Å²) in [5.74, 6) is 0.114. The number of thiazole rings is 1. The van der Waals surface area contributed by atoms with Crippen molar-refractivity contribution >= 4 is 28.3 Å². The van der Waals surface area contributed by atoms with E-state index in [2.05, 4.69) is 33.8 Å². The first-order valence-corrected chi connectivity index (χ1v) is 12.0. The van der Waals surface area contributed by atoms with Gasteiger partial charge < -0.3 is 5.32 Å². The topological polar surface area (TPSA) is 71.1 Å². The second-order valence-corrected chi connectivity index (χ2v) is 9.79. The highest BCUT2D eigenvalue weighted by Crippen LogP contribution is 2.34. The first-order valence-electron chi connectivity index (χ1n) is 11.2. The minimum atomic E-state index is -1.01. The van der Waals surface area contributed by atoms with Crippen molar-refractivity contribution in [2.45, 2.75) is 51.5 Å². The molecule has 1 aliphatic rings. The zero-order valence-corrected chi connectivity index (χ0v) is 19.4. The lowest BCUT2D eigenvalue weighted by molar-refractivity contribution is -0.129. The van der Waals surface area contributed by atoms with Gasteiger partial charge in [0.1, 0.15) is 5.54 Å². The molecule has 1 fully saturated rings. The molecule has 0 aliphatic heterocycles. The summed E-state index contributed by atoms with van der Waals surface area (Å²) in [7, 11) is 0. The Morgan fingerprint density at radius 2 is 1.66 bits per heavy atom. The van der Waals surface area contributed by atoms with E-state index < -0.39 is 5.54 Å². The fourth-order valence-corrected chi connectivity index (χ4v) is 4.92. The fraction of sp³-hybridized carbons (Fsp3) is 0.346. The van der Waals surface area contributed by atoms with Crippen LogP contribution in [0.3, 0.4) is 0 Å². The molecule has 0 saturated heterocycles. The lowest BCUT2D eigenvalue weighted by Crippen LogP contribution is -2.52. The van der Waals surface area contributed by atoms with Gasteiger partial charge in [-0.25, -0.2) is 4.98 Å². The van der Waals surface area contributed by atoms with Crippen LogP contribution in [0, 0.1) is 5.92 Å². The summed E-state index contributed by atoms with van der Waals surface area (Å²) >= 11 is 1.38. The van der Waals surface area contributed by atoms with Crippen LogP contribution in [0.4, 0.5) is 5.13 Å². The van der Waals surface area contributed by atoms with E-state index in [0.29, 0.717) is 17.5 Å². The van der Waals surface area contributed by atoms with E-state index in [0.717, 1.165) is 35.2 Å².